The molecule has 1 heterocycles. The summed E-state index contributed by atoms with van der Waals surface area (Å²) in [7, 11) is -4.62. The van der Waals surface area contributed by atoms with Crippen molar-refractivity contribution in [3.05, 3.63) is 105 Å². The average Bonchev–Trinajstić information content (AvgIpc) is 3.77. The molecule has 3 aromatic carbocycles. The van der Waals surface area contributed by atoms with Crippen molar-refractivity contribution in [2.75, 3.05) is 6.54 Å². The molecule has 1 amide bonds. The summed E-state index contributed by atoms with van der Waals surface area (Å²) in [6.07, 6.45) is -9.46. The summed E-state index contributed by atoms with van der Waals surface area (Å²) in [6.45, 7) is -1.33. The van der Waals surface area contributed by atoms with E-state index < -0.39 is 75.9 Å². The highest BCUT2D eigenvalue weighted by Gasteiger charge is 2.59. The lowest BCUT2D eigenvalue weighted by Gasteiger charge is -2.48. The zero-order valence-electron chi connectivity index (χ0n) is 23.2. The summed E-state index contributed by atoms with van der Waals surface area (Å²) in [6, 6.07) is 12.3. The number of carboxylic acid groups (broad SMARTS) is 1. The Morgan fingerprint density at radius 2 is 1.69 bits per heavy atom. The van der Waals surface area contributed by atoms with E-state index in [1.165, 1.54) is 66.7 Å². The van der Waals surface area contributed by atoms with Gasteiger partial charge >= 0.3 is 12.1 Å². The van der Waals surface area contributed by atoms with Crippen LogP contribution in [0.15, 0.2) is 72.8 Å². The van der Waals surface area contributed by atoms with Crippen molar-refractivity contribution in [2.24, 2.45) is 0 Å². The first-order valence-electron chi connectivity index (χ1n) is 13.7. The highest BCUT2D eigenvalue weighted by atomic mass is 35.5. The van der Waals surface area contributed by atoms with Crippen molar-refractivity contribution in [1.82, 2.24) is 9.62 Å². The molecule has 240 valence electrons. The first-order chi connectivity index (χ1) is 21.1. The highest BCUT2D eigenvalue weighted by Crippen LogP contribution is 2.53. The molecular formula is C30H26Cl2F4N2O6S. The number of carbonyl (C=O) groups is 2. The molecule has 0 unspecified atom stereocenters. The lowest BCUT2D eigenvalue weighted by molar-refractivity contribution is -0.222. The number of nitrogens with zero attached hydrogens (tertiary/aromatic N) is 1. The molecule has 2 N–H and O–H groups in total. The lowest BCUT2D eigenvalue weighted by atomic mass is 9.89. The van der Waals surface area contributed by atoms with Gasteiger partial charge in [0.05, 0.1) is 12.5 Å². The van der Waals surface area contributed by atoms with Crippen LogP contribution in [-0.4, -0.2) is 55.2 Å². The van der Waals surface area contributed by atoms with Gasteiger partial charge in [0.15, 0.2) is 0 Å². The van der Waals surface area contributed by atoms with Gasteiger partial charge in [0.1, 0.15) is 28.8 Å². The molecule has 1 saturated carbocycles. The van der Waals surface area contributed by atoms with Gasteiger partial charge < -0.3 is 14.7 Å². The number of carbonyl (C=O) groups excluding carboxylic acids is 1. The van der Waals surface area contributed by atoms with E-state index in [-0.39, 0.29) is 39.6 Å². The van der Waals surface area contributed by atoms with Crippen LogP contribution in [0.5, 0.6) is 0 Å². The van der Waals surface area contributed by atoms with Crippen LogP contribution in [0, 0.1) is 5.82 Å². The van der Waals surface area contributed by atoms with Crippen LogP contribution in [0.2, 0.25) is 10.0 Å². The largest absolute Gasteiger partial charge is 0.481 e. The van der Waals surface area contributed by atoms with Gasteiger partial charge in [-0.15, -0.1) is 0 Å². The molecule has 0 aromatic heterocycles. The van der Waals surface area contributed by atoms with E-state index in [1.807, 2.05) is 4.72 Å². The number of hydrogen-bond donors (Lipinski definition) is 2. The normalized spacial score (nSPS) is 22.2. The van der Waals surface area contributed by atoms with Gasteiger partial charge in [-0.05, 0) is 54.3 Å². The number of amides is 1. The molecule has 1 aliphatic heterocycles. The fraction of sp³-hybridized carbons (Fsp3) is 0.333. The third-order valence-corrected chi connectivity index (χ3v) is 10.6. The number of halogens is 6. The maximum Gasteiger partial charge on any atom is 0.410 e. The fourth-order valence-electron chi connectivity index (χ4n) is 5.67. The number of alkyl halides is 3. The Morgan fingerprint density at radius 3 is 2.27 bits per heavy atom. The van der Waals surface area contributed by atoms with E-state index in [9.17, 15) is 27.5 Å². The van der Waals surface area contributed by atoms with Crippen LogP contribution in [0.3, 0.4) is 0 Å². The monoisotopic (exact) mass is 688 g/mol. The second kappa shape index (κ2) is 12.5. The third kappa shape index (κ3) is 6.68. The number of rotatable bonds is 10. The Bertz CT molecular complexity index is 1700. The molecule has 1 saturated heterocycles. The number of nitrogens with one attached hydrogen (secondary N) is 1. The molecule has 2 aliphatic rings. The number of carboxylic acids is 1. The lowest BCUT2D eigenvalue weighted by Crippen LogP contribution is -2.62. The second-order valence-electron chi connectivity index (χ2n) is 10.8. The van der Waals surface area contributed by atoms with E-state index in [0.717, 1.165) is 6.07 Å². The summed E-state index contributed by atoms with van der Waals surface area (Å²) >= 11 is 12.2. The van der Waals surface area contributed by atoms with E-state index in [0.29, 0.717) is 4.90 Å². The summed E-state index contributed by atoms with van der Waals surface area (Å²) in [4.78, 5) is 25.9. The molecule has 0 spiro atoms. The number of sulfonamides is 1. The minimum atomic E-state index is -5.22. The Hall–Kier alpha value is -3.23. The van der Waals surface area contributed by atoms with Gasteiger partial charge in [0.2, 0.25) is 10.0 Å². The van der Waals surface area contributed by atoms with Gasteiger partial charge in [-0.25, -0.2) is 17.5 Å². The third-order valence-electron chi connectivity index (χ3n) is 7.94. The van der Waals surface area contributed by atoms with Crippen LogP contribution in [0.4, 0.5) is 17.6 Å². The van der Waals surface area contributed by atoms with Crippen molar-refractivity contribution in [3.63, 3.8) is 0 Å². The summed E-state index contributed by atoms with van der Waals surface area (Å²) in [5, 5.41) is 9.94. The number of ether oxygens (including phenoxy) is 1. The minimum absolute atomic E-state index is 0.0264. The van der Waals surface area contributed by atoms with Gasteiger partial charge in [0.25, 0.3) is 5.91 Å². The molecule has 8 nitrogen and oxygen atoms in total. The fourth-order valence-corrected chi connectivity index (χ4v) is 7.74. The van der Waals surface area contributed by atoms with E-state index in [2.05, 4.69) is 0 Å². The van der Waals surface area contributed by atoms with Gasteiger partial charge in [-0.3, -0.25) is 9.59 Å². The molecule has 4 atom stereocenters. The van der Waals surface area contributed by atoms with E-state index in [4.69, 9.17) is 27.9 Å². The number of hydrogen-bond acceptors (Lipinski definition) is 5. The van der Waals surface area contributed by atoms with Crippen LogP contribution < -0.4 is 4.72 Å². The molecule has 2 fully saturated rings. The number of benzene rings is 3. The van der Waals surface area contributed by atoms with E-state index >= 15 is 13.2 Å². The maximum atomic E-state index is 15.0. The first-order valence-corrected chi connectivity index (χ1v) is 15.9. The molecule has 3 aromatic rings. The number of morpholine rings is 1. The van der Waals surface area contributed by atoms with Crippen LogP contribution in [0.1, 0.15) is 48.1 Å². The Morgan fingerprint density at radius 1 is 1.02 bits per heavy atom. The average molecular weight is 690 g/mol. The zero-order chi connectivity index (χ0) is 32.7. The maximum absolute atomic E-state index is 15.0. The van der Waals surface area contributed by atoms with Crippen molar-refractivity contribution >= 4 is 45.1 Å². The minimum Gasteiger partial charge on any atom is -0.481 e. The predicted molar refractivity (Wildman–Crippen MR) is 156 cm³/mol. The van der Waals surface area contributed by atoms with Crippen molar-refractivity contribution in [2.45, 2.75) is 54.5 Å². The smallest absolute Gasteiger partial charge is 0.410 e. The molecule has 45 heavy (non-hydrogen) atoms. The van der Waals surface area contributed by atoms with Crippen molar-refractivity contribution in [1.29, 1.82) is 0 Å². The van der Waals surface area contributed by atoms with Crippen LogP contribution >= 0.6 is 23.2 Å². The highest BCUT2D eigenvalue weighted by molar-refractivity contribution is 7.90. The summed E-state index contributed by atoms with van der Waals surface area (Å²) in [5.74, 6) is -3.64. The van der Waals surface area contributed by atoms with E-state index in [1.54, 1.807) is 0 Å². The van der Waals surface area contributed by atoms with Crippen molar-refractivity contribution < 1.29 is 45.4 Å². The Labute approximate surface area is 265 Å². The standard InChI is InChI=1S/C30H26Cl2F4N2O6S/c31-19-10-8-17(9-11-19)26-27(18-4-3-5-20(32)14-18)44-23(15-25(39)40)28(41)38(26)24(30(34,35)36)16-37-45(42,43)29(12-13-29)21-6-1-2-7-22(21)33/h1-11,14,23-24,26-27,37H,12-13,15-16H2,(H,39,40)/t23-,24+,26+,27+/m0/s1. The summed E-state index contributed by atoms with van der Waals surface area (Å²) in [5.41, 5.74) is 0.215. The Balaban J connectivity index is 1.60. The second-order valence-corrected chi connectivity index (χ2v) is 13.8. The van der Waals surface area contributed by atoms with Gasteiger partial charge in [0, 0.05) is 22.2 Å². The zero-order valence-corrected chi connectivity index (χ0v) is 25.5. The van der Waals surface area contributed by atoms with Gasteiger partial charge in [-0.2, -0.15) is 13.2 Å². The van der Waals surface area contributed by atoms with Crippen LogP contribution in [-0.2, 0) is 29.1 Å². The quantitative estimate of drug-likeness (QED) is 0.247. The van der Waals surface area contributed by atoms with Crippen molar-refractivity contribution in [3.8, 4) is 0 Å². The topological polar surface area (TPSA) is 113 Å². The van der Waals surface area contributed by atoms with Crippen LogP contribution in [0.25, 0.3) is 0 Å². The molecule has 0 bridgehead atoms. The molecular weight excluding hydrogens is 663 g/mol. The summed E-state index contributed by atoms with van der Waals surface area (Å²) < 4.78 is 92.8. The van der Waals surface area contributed by atoms with Gasteiger partial charge in [-0.1, -0.05) is 65.7 Å². The molecule has 5 rings (SSSR count). The molecule has 0 radical (unpaired) electrons. The number of aliphatic carboxylic acids is 1. The SMILES string of the molecule is O=C(O)C[C@@H]1O[C@H](c2cccc(Cl)c2)[C@@H](c2ccc(Cl)cc2)N([C@H](CNS(=O)(=O)C2(c3ccccc3F)CC2)C(F)(F)F)C1=O. The molecule has 15 heteroatoms. The Kier molecular flexibility index (Phi) is 9.22. The molecule has 1 aliphatic carbocycles. The first kappa shape index (κ1) is 33.1. The predicted octanol–water partition coefficient (Wildman–Crippen LogP) is 6.16.